The van der Waals surface area contributed by atoms with Crippen molar-refractivity contribution in [2.24, 2.45) is 0 Å². The number of nitrogens with one attached hydrogen (secondary N) is 1. The van der Waals surface area contributed by atoms with E-state index in [1.807, 2.05) is 48.5 Å². The molecule has 31 heavy (non-hydrogen) atoms. The molecule has 0 aliphatic heterocycles. The van der Waals surface area contributed by atoms with Crippen LogP contribution in [0.4, 0.5) is 11.5 Å². The van der Waals surface area contributed by atoms with Crippen LogP contribution in [0.3, 0.4) is 0 Å². The number of amides is 1. The Hall–Kier alpha value is -4.46. The van der Waals surface area contributed by atoms with Crippen LogP contribution in [0.25, 0.3) is 22.4 Å². The van der Waals surface area contributed by atoms with E-state index in [2.05, 4.69) is 15.4 Å². The van der Waals surface area contributed by atoms with Crippen LogP contribution in [-0.4, -0.2) is 25.1 Å². The maximum atomic E-state index is 13.2. The summed E-state index contributed by atoms with van der Waals surface area (Å²) in [5.74, 6) is -0.0875. The standard InChI is InChI=1S/C23H18N6O2/c24-21-22-27-29(16-10-5-2-6-11-16)23(31)28(22)18-13-7-12-17(20(18)26-21)25-19(30)14-15-8-3-1-4-9-15/h1-13H,14H2,(H2,24,26)(H,25,30). The van der Waals surface area contributed by atoms with Crippen LogP contribution in [0.1, 0.15) is 5.56 Å². The quantitative estimate of drug-likeness (QED) is 0.474. The number of nitrogens with two attached hydrogens (primary N) is 1. The second-order valence-electron chi connectivity index (χ2n) is 7.07. The molecule has 3 N–H and O–H groups in total. The molecule has 5 rings (SSSR count). The molecule has 8 heteroatoms. The lowest BCUT2D eigenvalue weighted by Crippen LogP contribution is -2.20. The van der Waals surface area contributed by atoms with Crippen molar-refractivity contribution in [3.05, 3.63) is 94.9 Å². The van der Waals surface area contributed by atoms with Gasteiger partial charge in [0.15, 0.2) is 5.82 Å². The van der Waals surface area contributed by atoms with Crippen LogP contribution < -0.4 is 16.7 Å². The van der Waals surface area contributed by atoms with E-state index in [4.69, 9.17) is 5.73 Å². The smallest absolute Gasteiger partial charge is 0.355 e. The summed E-state index contributed by atoms with van der Waals surface area (Å²) in [5, 5.41) is 7.25. The molecule has 0 spiro atoms. The zero-order chi connectivity index (χ0) is 21.4. The molecular weight excluding hydrogens is 392 g/mol. The van der Waals surface area contributed by atoms with Crippen LogP contribution in [0.5, 0.6) is 0 Å². The Labute approximate surface area is 176 Å². The minimum absolute atomic E-state index is 0.101. The topological polar surface area (TPSA) is 107 Å². The average Bonchev–Trinajstić information content (AvgIpc) is 3.14. The number of rotatable bonds is 4. The number of hydrogen-bond acceptors (Lipinski definition) is 5. The highest BCUT2D eigenvalue weighted by Gasteiger charge is 2.17. The monoisotopic (exact) mass is 410 g/mol. The van der Waals surface area contributed by atoms with Crippen molar-refractivity contribution in [1.82, 2.24) is 19.2 Å². The summed E-state index contributed by atoms with van der Waals surface area (Å²) in [6.45, 7) is 0. The average molecular weight is 410 g/mol. The molecule has 0 fully saturated rings. The molecule has 2 heterocycles. The molecule has 0 aliphatic carbocycles. The van der Waals surface area contributed by atoms with Gasteiger partial charge in [-0.1, -0.05) is 54.6 Å². The molecule has 1 amide bonds. The van der Waals surface area contributed by atoms with E-state index in [0.29, 0.717) is 22.4 Å². The number of hydrogen-bond donors (Lipinski definition) is 2. The number of nitrogen functional groups attached to an aromatic ring is 1. The van der Waals surface area contributed by atoms with Gasteiger partial charge < -0.3 is 11.1 Å². The molecule has 0 unspecified atom stereocenters. The van der Waals surface area contributed by atoms with E-state index in [9.17, 15) is 9.59 Å². The highest BCUT2D eigenvalue weighted by molar-refractivity contribution is 6.01. The summed E-state index contributed by atoms with van der Waals surface area (Å²) in [6.07, 6.45) is 0.223. The largest absolute Gasteiger partial charge is 0.381 e. The number of carbonyl (C=O) groups is 1. The molecule has 0 atom stereocenters. The fourth-order valence-electron chi connectivity index (χ4n) is 3.56. The summed E-state index contributed by atoms with van der Waals surface area (Å²) in [7, 11) is 0. The molecule has 0 aliphatic rings. The molecule has 0 saturated heterocycles. The predicted octanol–water partition coefficient (Wildman–Crippen LogP) is 2.80. The molecule has 2 aromatic heterocycles. The van der Waals surface area contributed by atoms with E-state index in [1.54, 1.807) is 30.3 Å². The Balaban J connectivity index is 1.61. The van der Waals surface area contributed by atoms with Crippen molar-refractivity contribution in [3.63, 3.8) is 0 Å². The van der Waals surface area contributed by atoms with Gasteiger partial charge in [0.25, 0.3) is 0 Å². The lowest BCUT2D eigenvalue weighted by atomic mass is 10.1. The van der Waals surface area contributed by atoms with Gasteiger partial charge in [-0.3, -0.25) is 4.79 Å². The van der Waals surface area contributed by atoms with Crippen molar-refractivity contribution >= 4 is 34.1 Å². The Morgan fingerprint density at radius 2 is 1.65 bits per heavy atom. The summed E-state index contributed by atoms with van der Waals surface area (Å²) in [6, 6.07) is 23.8. The number of anilines is 2. The summed E-state index contributed by atoms with van der Waals surface area (Å²) < 4.78 is 2.70. The van der Waals surface area contributed by atoms with Crippen molar-refractivity contribution in [3.8, 4) is 5.69 Å². The number of carbonyl (C=O) groups excluding carboxylic acids is 1. The zero-order valence-corrected chi connectivity index (χ0v) is 16.4. The van der Waals surface area contributed by atoms with Gasteiger partial charge in [-0.15, -0.1) is 5.10 Å². The molecule has 152 valence electrons. The second kappa shape index (κ2) is 7.42. The van der Waals surface area contributed by atoms with Crippen molar-refractivity contribution in [2.75, 3.05) is 11.1 Å². The minimum Gasteiger partial charge on any atom is -0.381 e. The van der Waals surface area contributed by atoms with Crippen molar-refractivity contribution < 1.29 is 4.79 Å². The maximum absolute atomic E-state index is 13.2. The van der Waals surface area contributed by atoms with Crippen LogP contribution in [-0.2, 0) is 11.2 Å². The highest BCUT2D eigenvalue weighted by Crippen LogP contribution is 2.24. The van der Waals surface area contributed by atoms with Gasteiger partial charge in [0.2, 0.25) is 11.6 Å². The lowest BCUT2D eigenvalue weighted by molar-refractivity contribution is -0.115. The molecule has 0 radical (unpaired) electrons. The highest BCUT2D eigenvalue weighted by atomic mass is 16.2. The van der Waals surface area contributed by atoms with Crippen LogP contribution >= 0.6 is 0 Å². The summed E-state index contributed by atoms with van der Waals surface area (Å²) >= 11 is 0. The summed E-state index contributed by atoms with van der Waals surface area (Å²) in [5.41, 5.74) is 8.96. The number of para-hydroxylation sites is 2. The van der Waals surface area contributed by atoms with Gasteiger partial charge in [-0.2, -0.15) is 4.68 Å². The number of nitrogens with zero attached hydrogens (tertiary/aromatic N) is 4. The lowest BCUT2D eigenvalue weighted by Gasteiger charge is -2.10. The van der Waals surface area contributed by atoms with Crippen molar-refractivity contribution in [1.29, 1.82) is 0 Å². The van der Waals surface area contributed by atoms with E-state index in [0.717, 1.165) is 5.56 Å². The SMILES string of the molecule is Nc1nc2c(NC(=O)Cc3ccccc3)cccc2n2c(=O)n(-c3ccccc3)nc12. The third-order valence-corrected chi connectivity index (χ3v) is 4.98. The van der Waals surface area contributed by atoms with Gasteiger partial charge >= 0.3 is 5.69 Å². The second-order valence-corrected chi connectivity index (χ2v) is 7.07. The fraction of sp³-hybridized carbons (Fsp3) is 0.0435. The Bertz CT molecular complexity index is 1470. The van der Waals surface area contributed by atoms with Gasteiger partial charge in [0.05, 0.1) is 23.3 Å². The molecule has 3 aromatic carbocycles. The molecule has 0 saturated carbocycles. The predicted molar refractivity (Wildman–Crippen MR) is 119 cm³/mol. The first kappa shape index (κ1) is 18.6. The van der Waals surface area contributed by atoms with Gasteiger partial charge in [-0.25, -0.2) is 14.2 Å². The summed E-state index contributed by atoms with van der Waals surface area (Å²) in [4.78, 5) is 30.2. The zero-order valence-electron chi connectivity index (χ0n) is 16.4. The molecule has 0 bridgehead atoms. The first-order valence-electron chi connectivity index (χ1n) is 9.71. The molecule has 5 aromatic rings. The van der Waals surface area contributed by atoms with Crippen LogP contribution in [0.15, 0.2) is 83.7 Å². The van der Waals surface area contributed by atoms with E-state index in [1.165, 1.54) is 9.08 Å². The Morgan fingerprint density at radius 1 is 0.935 bits per heavy atom. The Kier molecular flexibility index (Phi) is 4.44. The minimum atomic E-state index is -0.368. The third kappa shape index (κ3) is 3.29. The van der Waals surface area contributed by atoms with Gasteiger partial charge in [0.1, 0.15) is 5.52 Å². The number of benzene rings is 3. The first-order chi connectivity index (χ1) is 15.1. The van der Waals surface area contributed by atoms with Crippen molar-refractivity contribution in [2.45, 2.75) is 6.42 Å². The normalized spacial score (nSPS) is 11.1. The Morgan fingerprint density at radius 3 is 2.39 bits per heavy atom. The van der Waals surface area contributed by atoms with Gasteiger partial charge in [0, 0.05) is 0 Å². The molecule has 8 nitrogen and oxygen atoms in total. The van der Waals surface area contributed by atoms with Gasteiger partial charge in [-0.05, 0) is 29.8 Å². The maximum Gasteiger partial charge on any atom is 0.355 e. The van der Waals surface area contributed by atoms with E-state index in [-0.39, 0.29) is 29.5 Å². The number of fused-ring (bicyclic) bond motifs is 3. The van der Waals surface area contributed by atoms with Crippen LogP contribution in [0.2, 0.25) is 0 Å². The first-order valence-corrected chi connectivity index (χ1v) is 9.71. The third-order valence-electron chi connectivity index (χ3n) is 4.98. The molecular formula is C23H18N6O2. The van der Waals surface area contributed by atoms with E-state index >= 15 is 0 Å². The number of aromatic nitrogens is 4. The fourth-order valence-corrected chi connectivity index (χ4v) is 3.56. The van der Waals surface area contributed by atoms with E-state index < -0.39 is 0 Å². The van der Waals surface area contributed by atoms with Crippen LogP contribution in [0, 0.1) is 0 Å².